The van der Waals surface area contributed by atoms with E-state index in [-0.39, 0.29) is 10.8 Å². The van der Waals surface area contributed by atoms with E-state index < -0.39 is 17.6 Å². The third kappa shape index (κ3) is 4.62. The molecule has 2 aromatic rings. The molecule has 2 N–H and O–H groups in total. The molecule has 1 aliphatic rings. The summed E-state index contributed by atoms with van der Waals surface area (Å²) >= 11 is 5.18. The van der Waals surface area contributed by atoms with Crippen LogP contribution in [0.4, 0.5) is 24.5 Å². The Hall–Kier alpha value is -2.61. The van der Waals surface area contributed by atoms with E-state index >= 15 is 0 Å². The molecule has 3 rings (SSSR count). The molecule has 0 aromatic heterocycles. The molecule has 148 valence electrons. The Morgan fingerprint density at radius 1 is 1.11 bits per heavy atom. The van der Waals surface area contributed by atoms with Gasteiger partial charge in [-0.25, -0.2) is 0 Å². The van der Waals surface area contributed by atoms with Crippen LogP contribution in [0.3, 0.4) is 0 Å². The van der Waals surface area contributed by atoms with Crippen LogP contribution < -0.4 is 15.5 Å². The van der Waals surface area contributed by atoms with Gasteiger partial charge in [-0.05, 0) is 61.8 Å². The van der Waals surface area contributed by atoms with Crippen molar-refractivity contribution in [2.75, 3.05) is 23.3 Å². The maximum atomic E-state index is 13.1. The molecule has 1 fully saturated rings. The second kappa shape index (κ2) is 8.18. The monoisotopic (exact) mass is 407 g/mol. The zero-order chi connectivity index (χ0) is 20.3. The minimum absolute atomic E-state index is 0.0481. The molecule has 8 heteroatoms. The lowest BCUT2D eigenvalue weighted by atomic mass is 10.1. The molecule has 0 aliphatic carbocycles. The normalized spacial score (nSPS) is 14.1. The average Bonchev–Trinajstić information content (AvgIpc) is 3.15. The van der Waals surface area contributed by atoms with Crippen LogP contribution >= 0.6 is 12.2 Å². The van der Waals surface area contributed by atoms with Crippen LogP contribution in [0.1, 0.15) is 34.3 Å². The smallest absolute Gasteiger partial charge is 0.370 e. The predicted octanol–water partition coefficient (Wildman–Crippen LogP) is 4.74. The van der Waals surface area contributed by atoms with Crippen molar-refractivity contribution in [2.45, 2.75) is 25.9 Å². The number of hydrogen-bond acceptors (Lipinski definition) is 3. The van der Waals surface area contributed by atoms with Crippen molar-refractivity contribution in [3.05, 3.63) is 59.2 Å². The van der Waals surface area contributed by atoms with E-state index in [4.69, 9.17) is 12.2 Å². The molecule has 0 radical (unpaired) electrons. The Morgan fingerprint density at radius 2 is 1.79 bits per heavy atom. The van der Waals surface area contributed by atoms with Crippen LogP contribution in [-0.4, -0.2) is 24.1 Å². The Kier molecular flexibility index (Phi) is 5.88. The van der Waals surface area contributed by atoms with Crippen molar-refractivity contribution in [3.8, 4) is 0 Å². The molecular formula is C20H20F3N3OS. The van der Waals surface area contributed by atoms with Gasteiger partial charge in [0.1, 0.15) is 0 Å². The minimum Gasteiger partial charge on any atom is -0.370 e. The molecular weight excluding hydrogens is 387 g/mol. The third-order valence-electron chi connectivity index (χ3n) is 4.64. The van der Waals surface area contributed by atoms with Crippen LogP contribution in [0.2, 0.25) is 0 Å². The fourth-order valence-corrected chi connectivity index (χ4v) is 3.40. The summed E-state index contributed by atoms with van der Waals surface area (Å²) in [4.78, 5) is 14.4. The second-order valence-corrected chi connectivity index (χ2v) is 7.06. The lowest BCUT2D eigenvalue weighted by Crippen LogP contribution is -2.35. The first-order valence-electron chi connectivity index (χ1n) is 8.90. The van der Waals surface area contributed by atoms with E-state index in [0.717, 1.165) is 43.6 Å². The molecule has 1 aliphatic heterocycles. The van der Waals surface area contributed by atoms with Crippen LogP contribution in [-0.2, 0) is 6.18 Å². The van der Waals surface area contributed by atoms with Crippen LogP contribution in [0.15, 0.2) is 42.5 Å². The topological polar surface area (TPSA) is 44.4 Å². The largest absolute Gasteiger partial charge is 0.416 e. The number of carbonyl (C=O) groups excluding carboxylic acids is 1. The number of nitrogens with zero attached hydrogens (tertiary/aromatic N) is 1. The van der Waals surface area contributed by atoms with Crippen LogP contribution in [0, 0.1) is 6.92 Å². The van der Waals surface area contributed by atoms with E-state index in [1.807, 2.05) is 11.0 Å². The van der Waals surface area contributed by atoms with Gasteiger partial charge in [-0.2, -0.15) is 13.2 Å². The van der Waals surface area contributed by atoms with Gasteiger partial charge in [0.05, 0.1) is 16.9 Å². The molecule has 0 unspecified atom stereocenters. The maximum absolute atomic E-state index is 13.1. The van der Waals surface area contributed by atoms with Gasteiger partial charge in [-0.1, -0.05) is 18.2 Å². The summed E-state index contributed by atoms with van der Waals surface area (Å²) in [5.41, 5.74) is 1.32. The zero-order valence-electron chi connectivity index (χ0n) is 15.3. The number of amides is 1. The lowest BCUT2D eigenvalue weighted by molar-refractivity contribution is -0.137. The van der Waals surface area contributed by atoms with Gasteiger partial charge in [0, 0.05) is 18.7 Å². The van der Waals surface area contributed by atoms with E-state index in [2.05, 4.69) is 10.6 Å². The molecule has 28 heavy (non-hydrogen) atoms. The Morgan fingerprint density at radius 3 is 2.43 bits per heavy atom. The molecule has 0 saturated carbocycles. The highest BCUT2D eigenvalue weighted by Crippen LogP contribution is 2.36. The van der Waals surface area contributed by atoms with Gasteiger partial charge in [-0.3, -0.25) is 10.1 Å². The molecule has 0 atom stereocenters. The quantitative estimate of drug-likeness (QED) is 0.722. The first kappa shape index (κ1) is 20.1. The Bertz CT molecular complexity index is 893. The average molecular weight is 407 g/mol. The SMILES string of the molecule is Cc1ccccc1C(=O)NC(=S)Nc1cc(C(F)(F)F)ccc1N1CCCC1. The molecule has 1 saturated heterocycles. The predicted molar refractivity (Wildman–Crippen MR) is 108 cm³/mol. The number of carbonyl (C=O) groups is 1. The zero-order valence-corrected chi connectivity index (χ0v) is 16.1. The molecule has 1 amide bonds. The molecule has 2 aromatic carbocycles. The number of alkyl halides is 3. The number of anilines is 2. The first-order chi connectivity index (χ1) is 13.3. The summed E-state index contributed by atoms with van der Waals surface area (Å²) in [6, 6.07) is 10.5. The summed E-state index contributed by atoms with van der Waals surface area (Å²) in [6.07, 6.45) is -2.50. The van der Waals surface area contributed by atoms with Gasteiger partial charge in [0.25, 0.3) is 5.91 Å². The number of aryl methyl sites for hydroxylation is 1. The minimum atomic E-state index is -4.47. The van der Waals surface area contributed by atoms with Gasteiger partial charge >= 0.3 is 6.18 Å². The highest BCUT2D eigenvalue weighted by Gasteiger charge is 2.32. The second-order valence-electron chi connectivity index (χ2n) is 6.65. The number of halogens is 3. The van der Waals surface area contributed by atoms with Crippen molar-refractivity contribution < 1.29 is 18.0 Å². The number of thiocarbonyl (C=S) groups is 1. The molecule has 0 spiro atoms. The summed E-state index contributed by atoms with van der Waals surface area (Å²) in [7, 11) is 0. The van der Waals surface area contributed by atoms with Gasteiger partial charge < -0.3 is 10.2 Å². The summed E-state index contributed by atoms with van der Waals surface area (Å²) < 4.78 is 39.4. The number of hydrogen-bond donors (Lipinski definition) is 2. The fourth-order valence-electron chi connectivity index (χ4n) is 3.20. The lowest BCUT2D eigenvalue weighted by Gasteiger charge is -2.23. The van der Waals surface area contributed by atoms with E-state index in [1.54, 1.807) is 25.1 Å². The fraction of sp³-hybridized carbons (Fsp3) is 0.300. The molecule has 1 heterocycles. The van der Waals surface area contributed by atoms with Crippen LogP contribution in [0.5, 0.6) is 0 Å². The van der Waals surface area contributed by atoms with Crippen molar-refractivity contribution in [2.24, 2.45) is 0 Å². The highest BCUT2D eigenvalue weighted by atomic mass is 32.1. The molecule has 4 nitrogen and oxygen atoms in total. The van der Waals surface area contributed by atoms with E-state index in [0.29, 0.717) is 11.3 Å². The number of nitrogens with one attached hydrogen (secondary N) is 2. The highest BCUT2D eigenvalue weighted by molar-refractivity contribution is 7.80. The van der Waals surface area contributed by atoms with Crippen molar-refractivity contribution >= 4 is 34.6 Å². The first-order valence-corrected chi connectivity index (χ1v) is 9.30. The Labute approximate surface area is 166 Å². The van der Waals surface area contributed by atoms with Crippen molar-refractivity contribution in [1.29, 1.82) is 0 Å². The maximum Gasteiger partial charge on any atom is 0.416 e. The summed E-state index contributed by atoms with van der Waals surface area (Å²) in [5.74, 6) is -0.412. The number of benzene rings is 2. The van der Waals surface area contributed by atoms with Crippen molar-refractivity contribution in [1.82, 2.24) is 5.32 Å². The van der Waals surface area contributed by atoms with Gasteiger partial charge in [0.15, 0.2) is 5.11 Å². The van der Waals surface area contributed by atoms with Crippen LogP contribution in [0.25, 0.3) is 0 Å². The third-order valence-corrected chi connectivity index (χ3v) is 4.84. The van der Waals surface area contributed by atoms with Crippen molar-refractivity contribution in [3.63, 3.8) is 0 Å². The Balaban J connectivity index is 1.82. The van der Waals surface area contributed by atoms with Gasteiger partial charge in [-0.15, -0.1) is 0 Å². The standard InChI is InChI=1S/C20H20F3N3OS/c1-13-6-2-3-7-15(13)18(27)25-19(28)24-16-12-14(20(21,22)23)8-9-17(16)26-10-4-5-11-26/h2-3,6-9,12H,4-5,10-11H2,1H3,(H2,24,25,27,28). The summed E-state index contributed by atoms with van der Waals surface area (Å²) in [5, 5.41) is 5.27. The van der Waals surface area contributed by atoms with Gasteiger partial charge in [0.2, 0.25) is 0 Å². The molecule has 0 bridgehead atoms. The van der Waals surface area contributed by atoms with E-state index in [1.165, 1.54) is 6.07 Å². The number of rotatable bonds is 3. The van der Waals surface area contributed by atoms with E-state index in [9.17, 15) is 18.0 Å². The summed E-state index contributed by atoms with van der Waals surface area (Å²) in [6.45, 7) is 3.33.